The molecule has 28 heavy (non-hydrogen) atoms. The molecule has 1 aromatic heterocycles. The molecule has 1 unspecified atom stereocenters. The number of aromatic nitrogens is 2. The van der Waals surface area contributed by atoms with Crippen molar-refractivity contribution in [3.05, 3.63) is 23.9 Å². The molecule has 0 bridgehead atoms. The molecule has 4 heterocycles. The van der Waals surface area contributed by atoms with Gasteiger partial charge < -0.3 is 15.5 Å². The van der Waals surface area contributed by atoms with Crippen molar-refractivity contribution >= 4 is 16.6 Å². The van der Waals surface area contributed by atoms with E-state index < -0.39 is 0 Å². The second-order valence-electron chi connectivity index (χ2n) is 8.76. The predicted molar refractivity (Wildman–Crippen MR) is 115 cm³/mol. The largest absolute Gasteiger partial charge is 0.371 e. The number of aryl methyl sites for hydroxylation is 1. The van der Waals surface area contributed by atoms with Crippen molar-refractivity contribution in [3.63, 3.8) is 0 Å². The van der Waals surface area contributed by atoms with Crippen molar-refractivity contribution < 1.29 is 0 Å². The van der Waals surface area contributed by atoms with Crippen LogP contribution >= 0.6 is 0 Å². The number of hydrogen-bond donors (Lipinski definition) is 2. The molecule has 0 amide bonds. The van der Waals surface area contributed by atoms with Gasteiger partial charge >= 0.3 is 0 Å². The fourth-order valence-electron chi connectivity index (χ4n) is 5.39. The Kier molecular flexibility index (Phi) is 5.26. The number of rotatable bonds is 3. The summed E-state index contributed by atoms with van der Waals surface area (Å²) in [5, 5.41) is 13.3. The molecule has 3 aliphatic rings. The second-order valence-corrected chi connectivity index (χ2v) is 8.76. The summed E-state index contributed by atoms with van der Waals surface area (Å²) in [4.78, 5) is 5.27. The normalized spacial score (nSPS) is 25.5. The molecule has 0 radical (unpaired) electrons. The molecule has 152 valence electrons. The molecular weight excluding hydrogens is 348 g/mol. The average Bonchev–Trinajstić information content (AvgIpc) is 3.11. The summed E-state index contributed by atoms with van der Waals surface area (Å²) in [5.74, 6) is 0.554. The first kappa shape index (κ1) is 18.4. The van der Waals surface area contributed by atoms with Crippen molar-refractivity contribution in [2.45, 2.75) is 37.6 Å². The van der Waals surface area contributed by atoms with E-state index in [1.54, 1.807) is 0 Å². The quantitative estimate of drug-likeness (QED) is 0.849. The Bertz CT molecular complexity index is 795. The Morgan fingerprint density at radius 2 is 1.79 bits per heavy atom. The zero-order chi connectivity index (χ0) is 18.9. The maximum absolute atomic E-state index is 4.92. The monoisotopic (exact) mass is 382 g/mol. The van der Waals surface area contributed by atoms with Crippen molar-refractivity contribution in [2.75, 3.05) is 57.3 Å². The molecule has 5 rings (SSSR count). The van der Waals surface area contributed by atoms with Crippen molar-refractivity contribution in [2.24, 2.45) is 7.05 Å². The predicted octanol–water partition coefficient (Wildman–Crippen LogP) is 1.91. The van der Waals surface area contributed by atoms with Gasteiger partial charge in [0, 0.05) is 75.9 Å². The minimum absolute atomic E-state index is 0.554. The van der Waals surface area contributed by atoms with Crippen molar-refractivity contribution in [3.8, 4) is 0 Å². The molecule has 6 heteroatoms. The van der Waals surface area contributed by atoms with E-state index in [1.807, 2.05) is 0 Å². The molecule has 2 N–H and O–H groups in total. The van der Waals surface area contributed by atoms with E-state index in [4.69, 9.17) is 5.10 Å². The average molecular weight is 383 g/mol. The molecule has 1 atom stereocenters. The molecular formula is C22H34N6. The molecule has 1 aromatic carbocycles. The number of piperazine rings is 1. The lowest BCUT2D eigenvalue weighted by molar-refractivity contribution is 0.150. The van der Waals surface area contributed by atoms with Gasteiger partial charge in [0.25, 0.3) is 0 Å². The summed E-state index contributed by atoms with van der Waals surface area (Å²) in [7, 11) is 2.10. The Labute approximate surface area is 168 Å². The van der Waals surface area contributed by atoms with Crippen molar-refractivity contribution in [1.82, 2.24) is 25.3 Å². The first-order valence-electron chi connectivity index (χ1n) is 11.2. The maximum atomic E-state index is 4.92. The van der Waals surface area contributed by atoms with Gasteiger partial charge in [-0.1, -0.05) is 0 Å². The Morgan fingerprint density at radius 1 is 0.964 bits per heavy atom. The van der Waals surface area contributed by atoms with Gasteiger partial charge in [-0.2, -0.15) is 5.10 Å². The lowest BCUT2D eigenvalue weighted by Gasteiger charge is -2.41. The Balaban J connectivity index is 1.31. The number of nitrogens with zero attached hydrogens (tertiary/aromatic N) is 4. The van der Waals surface area contributed by atoms with Crippen LogP contribution in [0.15, 0.2) is 18.2 Å². The van der Waals surface area contributed by atoms with E-state index >= 15 is 0 Å². The van der Waals surface area contributed by atoms with Crippen LogP contribution in [0.1, 0.15) is 37.3 Å². The molecule has 3 saturated heterocycles. The van der Waals surface area contributed by atoms with Crippen LogP contribution in [0.5, 0.6) is 0 Å². The lowest BCUT2D eigenvalue weighted by Crippen LogP contribution is -2.52. The van der Waals surface area contributed by atoms with E-state index in [0.717, 1.165) is 45.3 Å². The van der Waals surface area contributed by atoms with Crippen LogP contribution < -0.4 is 15.5 Å². The minimum Gasteiger partial charge on any atom is -0.371 e. The van der Waals surface area contributed by atoms with Gasteiger partial charge in [-0.25, -0.2) is 0 Å². The maximum Gasteiger partial charge on any atom is 0.0746 e. The summed E-state index contributed by atoms with van der Waals surface area (Å²) < 4.78 is 2.09. The number of hydrogen-bond acceptors (Lipinski definition) is 5. The molecule has 3 aliphatic heterocycles. The van der Waals surface area contributed by atoms with Crippen LogP contribution in [0, 0.1) is 0 Å². The van der Waals surface area contributed by atoms with Crippen LogP contribution in [0.3, 0.4) is 0 Å². The first-order chi connectivity index (χ1) is 13.8. The zero-order valence-corrected chi connectivity index (χ0v) is 17.2. The van der Waals surface area contributed by atoms with E-state index in [2.05, 4.69) is 50.4 Å². The SMILES string of the molecule is Cn1nc(C2CCCNC2)c2ccc(N3CCC(N4CCNCC4)CC3)cc21. The first-order valence-corrected chi connectivity index (χ1v) is 11.2. The van der Waals surface area contributed by atoms with Gasteiger partial charge in [-0.15, -0.1) is 0 Å². The second kappa shape index (κ2) is 8.01. The van der Waals surface area contributed by atoms with E-state index in [9.17, 15) is 0 Å². The highest BCUT2D eigenvalue weighted by Crippen LogP contribution is 2.32. The van der Waals surface area contributed by atoms with Crippen LogP contribution in [0.25, 0.3) is 10.9 Å². The van der Waals surface area contributed by atoms with Gasteiger partial charge in [-0.05, 0) is 50.4 Å². The number of fused-ring (bicyclic) bond motifs is 1. The number of anilines is 1. The molecule has 0 saturated carbocycles. The highest BCUT2D eigenvalue weighted by atomic mass is 15.3. The van der Waals surface area contributed by atoms with Gasteiger partial charge in [0.2, 0.25) is 0 Å². The number of piperidine rings is 2. The third-order valence-corrected chi connectivity index (χ3v) is 7.04. The standard InChI is InChI=1S/C22H34N6/c1-26-21-15-19(4-5-20(21)22(25-26)17-3-2-8-24-16-17)27-11-6-18(7-12-27)28-13-9-23-10-14-28/h4-5,15,17-18,23-24H,2-3,6-14,16H2,1H3. The summed E-state index contributed by atoms with van der Waals surface area (Å²) in [6.45, 7) is 9.26. The topological polar surface area (TPSA) is 48.4 Å². The minimum atomic E-state index is 0.554. The smallest absolute Gasteiger partial charge is 0.0746 e. The lowest BCUT2D eigenvalue weighted by atomic mass is 9.94. The Hall–Kier alpha value is -1.63. The molecule has 0 aliphatic carbocycles. The van der Waals surface area contributed by atoms with E-state index in [-0.39, 0.29) is 0 Å². The van der Waals surface area contributed by atoms with Crippen molar-refractivity contribution in [1.29, 1.82) is 0 Å². The summed E-state index contributed by atoms with van der Waals surface area (Å²) >= 11 is 0. The van der Waals surface area contributed by atoms with Crippen LogP contribution in [0.4, 0.5) is 5.69 Å². The fraction of sp³-hybridized carbons (Fsp3) is 0.682. The van der Waals surface area contributed by atoms with Gasteiger partial charge in [-0.3, -0.25) is 9.58 Å². The number of benzene rings is 1. The summed E-state index contributed by atoms with van der Waals surface area (Å²) in [6, 6.07) is 7.79. The summed E-state index contributed by atoms with van der Waals surface area (Å²) in [6.07, 6.45) is 5.06. The molecule has 0 spiro atoms. The van der Waals surface area contributed by atoms with Gasteiger partial charge in [0.05, 0.1) is 11.2 Å². The van der Waals surface area contributed by atoms with Crippen LogP contribution in [0.2, 0.25) is 0 Å². The van der Waals surface area contributed by atoms with Gasteiger partial charge in [0.15, 0.2) is 0 Å². The zero-order valence-electron chi connectivity index (χ0n) is 17.2. The molecule has 3 fully saturated rings. The Morgan fingerprint density at radius 3 is 2.54 bits per heavy atom. The summed E-state index contributed by atoms with van der Waals surface area (Å²) in [5.41, 5.74) is 3.93. The highest BCUT2D eigenvalue weighted by molar-refractivity contribution is 5.86. The molecule has 2 aromatic rings. The van der Waals surface area contributed by atoms with E-state index in [1.165, 1.54) is 61.1 Å². The van der Waals surface area contributed by atoms with Crippen LogP contribution in [-0.4, -0.2) is 73.1 Å². The van der Waals surface area contributed by atoms with Gasteiger partial charge in [0.1, 0.15) is 0 Å². The third-order valence-electron chi connectivity index (χ3n) is 7.04. The fourth-order valence-corrected chi connectivity index (χ4v) is 5.39. The molecule has 6 nitrogen and oxygen atoms in total. The highest BCUT2D eigenvalue weighted by Gasteiger charge is 2.26. The van der Waals surface area contributed by atoms with Crippen LogP contribution in [-0.2, 0) is 7.05 Å². The number of nitrogens with one attached hydrogen (secondary N) is 2. The third kappa shape index (κ3) is 3.53. The van der Waals surface area contributed by atoms with E-state index in [0.29, 0.717) is 5.92 Å².